The third kappa shape index (κ3) is 5.45. The molecule has 2 heterocycles. The van der Waals surface area contributed by atoms with Crippen LogP contribution in [0, 0.1) is 5.82 Å². The number of aliphatic imine (C=N–C) groups is 1. The van der Waals surface area contributed by atoms with Crippen molar-refractivity contribution in [1.82, 2.24) is 14.3 Å². The molecule has 33 heavy (non-hydrogen) atoms. The highest BCUT2D eigenvalue weighted by atomic mass is 32.2. The van der Waals surface area contributed by atoms with Crippen LogP contribution in [0.2, 0.25) is 0 Å². The molecule has 0 bridgehead atoms. The Morgan fingerprint density at radius 1 is 1.36 bits per heavy atom. The summed E-state index contributed by atoms with van der Waals surface area (Å²) in [4.78, 5) is 12.2. The number of ether oxygens (including phenoxy) is 2. The van der Waals surface area contributed by atoms with Crippen LogP contribution in [-0.4, -0.2) is 61.3 Å². The zero-order valence-electron chi connectivity index (χ0n) is 18.6. The maximum atomic E-state index is 14.8. The van der Waals surface area contributed by atoms with Crippen molar-refractivity contribution < 1.29 is 26.7 Å². The number of hydrogen-bond acceptors (Lipinski definition) is 8. The average Bonchev–Trinajstić information content (AvgIpc) is 2.73. The molecule has 3 rings (SSSR count). The van der Waals surface area contributed by atoms with Crippen molar-refractivity contribution in [3.05, 3.63) is 53.2 Å². The molecule has 12 heteroatoms. The van der Waals surface area contributed by atoms with E-state index in [1.807, 2.05) is 0 Å². The molecule has 2 atom stereocenters. The van der Waals surface area contributed by atoms with Crippen LogP contribution < -0.4 is 10.5 Å². The van der Waals surface area contributed by atoms with E-state index in [1.165, 1.54) is 38.5 Å². The van der Waals surface area contributed by atoms with Gasteiger partial charge >= 0.3 is 0 Å². The Hall–Kier alpha value is -3.12. The fraction of sp³-hybridized carbons (Fsp3) is 0.381. The monoisotopic (exact) mass is 481 g/mol. The van der Waals surface area contributed by atoms with Gasteiger partial charge in [0, 0.05) is 19.7 Å². The second-order valence-electron chi connectivity index (χ2n) is 7.82. The van der Waals surface area contributed by atoms with Crippen molar-refractivity contribution in [3.8, 4) is 5.88 Å². The van der Waals surface area contributed by atoms with Gasteiger partial charge in [0.25, 0.3) is 0 Å². The Bertz CT molecular complexity index is 1190. The zero-order valence-corrected chi connectivity index (χ0v) is 19.4. The summed E-state index contributed by atoms with van der Waals surface area (Å²) in [5.74, 6) is -1.93. The molecule has 1 unspecified atom stereocenters. The molecule has 1 aromatic heterocycles. The van der Waals surface area contributed by atoms with E-state index < -0.39 is 33.0 Å². The van der Waals surface area contributed by atoms with Gasteiger partial charge in [0.2, 0.25) is 21.9 Å². The van der Waals surface area contributed by atoms with Gasteiger partial charge in [0.1, 0.15) is 23.2 Å². The van der Waals surface area contributed by atoms with Gasteiger partial charge in [-0.2, -0.15) is 0 Å². The molecule has 0 aliphatic carbocycles. The van der Waals surface area contributed by atoms with E-state index in [-0.39, 0.29) is 34.8 Å². The standard InChI is InChI=1S/C21H25F2N5O4S/c1-13(11-31-4)32-19-10-25-18(9-26-19)17(23)8-14-5-6-16(22)15(7-14)21(2)12-33(29,30)28(3)20(24)27-21/h5-10,13H,11-12H2,1-4H3,(H2,24,27)/b17-8-/t13?,21-/m0/s1. The van der Waals surface area contributed by atoms with E-state index in [1.54, 1.807) is 14.0 Å². The smallest absolute Gasteiger partial charge is 0.239 e. The van der Waals surface area contributed by atoms with Crippen LogP contribution in [0.3, 0.4) is 0 Å². The topological polar surface area (TPSA) is 120 Å². The lowest BCUT2D eigenvalue weighted by Gasteiger charge is -2.34. The fourth-order valence-electron chi connectivity index (χ4n) is 3.33. The molecule has 1 aliphatic heterocycles. The molecule has 178 valence electrons. The van der Waals surface area contributed by atoms with Gasteiger partial charge in [-0.15, -0.1) is 0 Å². The molecule has 2 aromatic rings. The van der Waals surface area contributed by atoms with E-state index in [0.29, 0.717) is 6.61 Å². The normalized spacial score (nSPS) is 21.5. The number of nitrogens with zero attached hydrogens (tertiary/aromatic N) is 4. The highest BCUT2D eigenvalue weighted by Crippen LogP contribution is 2.34. The number of hydrogen-bond donors (Lipinski definition) is 1. The van der Waals surface area contributed by atoms with Gasteiger partial charge in [-0.05, 0) is 37.6 Å². The van der Waals surface area contributed by atoms with Crippen molar-refractivity contribution in [2.45, 2.75) is 25.5 Å². The largest absolute Gasteiger partial charge is 0.471 e. The van der Waals surface area contributed by atoms with Crippen molar-refractivity contribution in [3.63, 3.8) is 0 Å². The molecule has 1 aliphatic rings. The van der Waals surface area contributed by atoms with Gasteiger partial charge in [-0.25, -0.2) is 36.5 Å². The summed E-state index contributed by atoms with van der Waals surface area (Å²) in [5, 5.41) is 0. The summed E-state index contributed by atoms with van der Waals surface area (Å²) in [5.41, 5.74) is 4.47. The minimum absolute atomic E-state index is 0.0226. The highest BCUT2D eigenvalue weighted by molar-refractivity contribution is 7.89. The van der Waals surface area contributed by atoms with Crippen molar-refractivity contribution in [2.24, 2.45) is 10.7 Å². The molecule has 0 saturated heterocycles. The van der Waals surface area contributed by atoms with E-state index in [4.69, 9.17) is 15.2 Å². The molecule has 0 amide bonds. The van der Waals surface area contributed by atoms with Crippen LogP contribution >= 0.6 is 0 Å². The molecule has 0 radical (unpaired) electrons. The Kier molecular flexibility index (Phi) is 6.98. The number of sulfonamides is 1. The first-order valence-electron chi connectivity index (χ1n) is 9.92. The van der Waals surface area contributed by atoms with E-state index in [2.05, 4.69) is 15.0 Å². The number of rotatable bonds is 7. The van der Waals surface area contributed by atoms with E-state index in [9.17, 15) is 17.2 Å². The van der Waals surface area contributed by atoms with E-state index in [0.717, 1.165) is 16.4 Å². The number of methoxy groups -OCH3 is 1. The second-order valence-corrected chi connectivity index (χ2v) is 9.82. The van der Waals surface area contributed by atoms with Crippen molar-refractivity contribution in [2.75, 3.05) is 26.5 Å². The molecule has 9 nitrogen and oxygen atoms in total. The summed E-state index contributed by atoms with van der Waals surface area (Å²) in [7, 11) is -0.979. The predicted octanol–water partition coefficient (Wildman–Crippen LogP) is 2.30. The second kappa shape index (κ2) is 9.40. The lowest BCUT2D eigenvalue weighted by Crippen LogP contribution is -2.50. The Balaban J connectivity index is 1.89. The fourth-order valence-corrected chi connectivity index (χ4v) is 4.78. The molecule has 2 N–H and O–H groups in total. The summed E-state index contributed by atoms with van der Waals surface area (Å²) in [6, 6.07) is 3.82. The van der Waals surface area contributed by atoms with Gasteiger partial charge < -0.3 is 15.2 Å². The Morgan fingerprint density at radius 3 is 2.70 bits per heavy atom. The lowest BCUT2D eigenvalue weighted by atomic mass is 9.92. The minimum atomic E-state index is -3.80. The van der Waals surface area contributed by atoms with Crippen molar-refractivity contribution >= 4 is 27.9 Å². The number of aromatic nitrogens is 2. The first-order valence-corrected chi connectivity index (χ1v) is 11.5. The number of guanidine groups is 1. The SMILES string of the molecule is COCC(C)Oc1cnc(/C(F)=C/c2ccc(F)c([C@]3(C)CS(=O)(=O)N(C)C(N)=N3)c2)cn1. The van der Waals surface area contributed by atoms with Crippen LogP contribution in [0.4, 0.5) is 8.78 Å². The Morgan fingerprint density at radius 2 is 2.09 bits per heavy atom. The first kappa shape index (κ1) is 24.5. The van der Waals surface area contributed by atoms with Gasteiger partial charge in [0.05, 0.1) is 24.8 Å². The summed E-state index contributed by atoms with van der Waals surface area (Å²) in [6.07, 6.45) is 3.38. The molecular formula is C21H25F2N5O4S. The highest BCUT2D eigenvalue weighted by Gasteiger charge is 2.41. The predicted molar refractivity (Wildman–Crippen MR) is 120 cm³/mol. The Labute approximate surface area is 191 Å². The maximum Gasteiger partial charge on any atom is 0.239 e. The van der Waals surface area contributed by atoms with Gasteiger partial charge in [0.15, 0.2) is 5.83 Å². The number of nitrogens with two attached hydrogens (primary N) is 1. The lowest BCUT2D eigenvalue weighted by molar-refractivity contribution is 0.0886. The van der Waals surface area contributed by atoms with Gasteiger partial charge in [-0.1, -0.05) is 6.07 Å². The van der Waals surface area contributed by atoms with E-state index >= 15 is 0 Å². The van der Waals surface area contributed by atoms with Gasteiger partial charge in [-0.3, -0.25) is 0 Å². The average molecular weight is 482 g/mol. The summed E-state index contributed by atoms with van der Waals surface area (Å²) >= 11 is 0. The van der Waals surface area contributed by atoms with Crippen LogP contribution in [0.5, 0.6) is 5.88 Å². The molecular weight excluding hydrogens is 456 g/mol. The molecule has 0 saturated carbocycles. The van der Waals surface area contributed by atoms with Crippen LogP contribution in [-0.2, 0) is 20.3 Å². The third-order valence-corrected chi connectivity index (χ3v) is 6.97. The quantitative estimate of drug-likeness (QED) is 0.644. The van der Waals surface area contributed by atoms with Crippen molar-refractivity contribution in [1.29, 1.82) is 0 Å². The molecule has 0 spiro atoms. The molecule has 1 aromatic carbocycles. The zero-order chi connectivity index (χ0) is 24.4. The summed E-state index contributed by atoms with van der Waals surface area (Å²) < 4.78 is 65.6. The van der Waals surface area contributed by atoms with Crippen LogP contribution in [0.25, 0.3) is 11.9 Å². The number of halogens is 2. The maximum absolute atomic E-state index is 14.8. The first-order chi connectivity index (χ1) is 15.4. The van der Waals surface area contributed by atoms with Crippen LogP contribution in [0.1, 0.15) is 30.7 Å². The molecule has 0 fully saturated rings. The summed E-state index contributed by atoms with van der Waals surface area (Å²) in [6.45, 7) is 3.61. The van der Waals surface area contributed by atoms with Crippen LogP contribution in [0.15, 0.2) is 35.6 Å². The number of benzene rings is 1. The third-order valence-electron chi connectivity index (χ3n) is 5.02. The minimum Gasteiger partial charge on any atom is -0.471 e.